The maximum absolute atomic E-state index is 11.5. The molecule has 8 heteroatoms. The van der Waals surface area contributed by atoms with Crippen molar-refractivity contribution in [3.05, 3.63) is 0 Å². The molecule has 18 heavy (non-hydrogen) atoms. The number of hydrogen-bond donors (Lipinski definition) is 1. The lowest BCUT2D eigenvalue weighted by molar-refractivity contribution is -0.154. The van der Waals surface area contributed by atoms with Gasteiger partial charge in [-0.15, -0.1) is 0 Å². The van der Waals surface area contributed by atoms with Crippen LogP contribution < -0.4 is 0 Å². The maximum Gasteiger partial charge on any atom is 0.448 e. The van der Waals surface area contributed by atoms with Gasteiger partial charge in [-0.25, -0.2) is 0 Å². The van der Waals surface area contributed by atoms with Gasteiger partial charge in [0.05, 0.1) is 18.4 Å². The average Bonchev–Trinajstić information content (AvgIpc) is 2.09. The molecule has 1 atom stereocenters. The van der Waals surface area contributed by atoms with Crippen molar-refractivity contribution in [3.8, 4) is 0 Å². The van der Waals surface area contributed by atoms with Crippen molar-refractivity contribution < 1.29 is 31.5 Å². The van der Waals surface area contributed by atoms with Gasteiger partial charge in [0.25, 0.3) is 0 Å². The predicted molar refractivity (Wildman–Crippen MR) is 61.8 cm³/mol. The Kier molecular flexibility index (Phi) is 6.27. The standard InChI is InChI=1S/C10H18O7S/c1-6(2)8(5-9(11)16-7(3)4)10(12)17-18(13,14)15/h6-8H,5H2,1-4H3,(H,13,14,15). The fraction of sp³-hybridized carbons (Fsp3) is 0.800. The summed E-state index contributed by atoms with van der Waals surface area (Å²) in [6.07, 6.45) is -0.632. The Morgan fingerprint density at radius 2 is 1.67 bits per heavy atom. The smallest absolute Gasteiger partial charge is 0.448 e. The molecule has 0 saturated carbocycles. The zero-order valence-electron chi connectivity index (χ0n) is 10.7. The normalized spacial score (nSPS) is 13.5. The van der Waals surface area contributed by atoms with Gasteiger partial charge in [-0.1, -0.05) is 13.8 Å². The summed E-state index contributed by atoms with van der Waals surface area (Å²) >= 11 is 0. The van der Waals surface area contributed by atoms with E-state index in [2.05, 4.69) is 4.18 Å². The molecule has 0 rings (SSSR count). The van der Waals surface area contributed by atoms with E-state index < -0.39 is 28.3 Å². The molecule has 0 aromatic carbocycles. The summed E-state index contributed by atoms with van der Waals surface area (Å²) in [5, 5.41) is 0. The van der Waals surface area contributed by atoms with E-state index in [4.69, 9.17) is 9.29 Å². The molecule has 0 aromatic heterocycles. The maximum atomic E-state index is 11.5. The van der Waals surface area contributed by atoms with Gasteiger partial charge in [0, 0.05) is 0 Å². The summed E-state index contributed by atoms with van der Waals surface area (Å²) < 4.78 is 38.0. The predicted octanol–water partition coefficient (Wildman–Crippen LogP) is 0.946. The van der Waals surface area contributed by atoms with Gasteiger partial charge >= 0.3 is 22.3 Å². The van der Waals surface area contributed by atoms with Crippen molar-refractivity contribution in [2.75, 3.05) is 0 Å². The third-order valence-corrected chi connectivity index (χ3v) is 2.42. The molecule has 0 saturated heterocycles. The molecular formula is C10H18O7S. The van der Waals surface area contributed by atoms with Crippen molar-refractivity contribution in [2.45, 2.75) is 40.2 Å². The molecule has 106 valence electrons. The Hall–Kier alpha value is -1.15. The quantitative estimate of drug-likeness (QED) is 0.570. The molecule has 0 fully saturated rings. The van der Waals surface area contributed by atoms with E-state index in [0.29, 0.717) is 0 Å². The third-order valence-electron chi connectivity index (χ3n) is 2.05. The Morgan fingerprint density at radius 3 is 2.00 bits per heavy atom. The van der Waals surface area contributed by atoms with Gasteiger partial charge in [0.1, 0.15) is 0 Å². The summed E-state index contributed by atoms with van der Waals surface area (Å²) in [4.78, 5) is 22.8. The number of hydrogen-bond acceptors (Lipinski definition) is 6. The molecule has 1 N–H and O–H groups in total. The molecule has 0 radical (unpaired) electrons. The molecule has 0 aromatic rings. The van der Waals surface area contributed by atoms with Crippen LogP contribution in [-0.2, 0) is 28.9 Å². The van der Waals surface area contributed by atoms with Gasteiger partial charge in [0.15, 0.2) is 0 Å². The van der Waals surface area contributed by atoms with E-state index in [9.17, 15) is 18.0 Å². The van der Waals surface area contributed by atoms with E-state index in [-0.39, 0.29) is 18.4 Å². The fourth-order valence-electron chi connectivity index (χ4n) is 1.25. The van der Waals surface area contributed by atoms with Crippen LogP contribution in [0.5, 0.6) is 0 Å². The van der Waals surface area contributed by atoms with Crippen LogP contribution in [0.1, 0.15) is 34.1 Å². The Labute approximate surface area is 106 Å². The van der Waals surface area contributed by atoms with Gasteiger partial charge in [-0.2, -0.15) is 8.42 Å². The van der Waals surface area contributed by atoms with Crippen LogP contribution >= 0.6 is 0 Å². The van der Waals surface area contributed by atoms with Crippen molar-refractivity contribution >= 4 is 22.3 Å². The van der Waals surface area contributed by atoms with Crippen LogP contribution in [0.3, 0.4) is 0 Å². The lowest BCUT2D eigenvalue weighted by atomic mass is 9.93. The monoisotopic (exact) mass is 282 g/mol. The summed E-state index contributed by atoms with van der Waals surface area (Å²) in [5.74, 6) is -3.12. The number of rotatable bonds is 6. The second-order valence-electron chi connectivity index (χ2n) is 4.42. The third kappa shape index (κ3) is 7.23. The van der Waals surface area contributed by atoms with Gasteiger partial charge < -0.3 is 8.92 Å². The number of ether oxygens (including phenoxy) is 1. The van der Waals surface area contributed by atoms with Gasteiger partial charge in [-0.3, -0.25) is 14.1 Å². The minimum atomic E-state index is -4.86. The van der Waals surface area contributed by atoms with E-state index >= 15 is 0 Å². The molecule has 0 bridgehead atoms. The van der Waals surface area contributed by atoms with Crippen LogP contribution in [-0.4, -0.2) is 31.0 Å². The molecule has 0 aliphatic heterocycles. The van der Waals surface area contributed by atoms with Crippen LogP contribution in [0.4, 0.5) is 0 Å². The highest BCUT2D eigenvalue weighted by molar-refractivity contribution is 7.81. The van der Waals surface area contributed by atoms with Crippen molar-refractivity contribution in [1.82, 2.24) is 0 Å². The van der Waals surface area contributed by atoms with Crippen molar-refractivity contribution in [3.63, 3.8) is 0 Å². The molecule has 0 heterocycles. The van der Waals surface area contributed by atoms with E-state index in [1.165, 1.54) is 0 Å². The first-order chi connectivity index (χ1) is 8.03. The Morgan fingerprint density at radius 1 is 1.17 bits per heavy atom. The van der Waals surface area contributed by atoms with Crippen LogP contribution in [0.15, 0.2) is 0 Å². The minimum absolute atomic E-state index is 0.301. The molecule has 0 aliphatic rings. The molecule has 0 aliphatic carbocycles. The van der Waals surface area contributed by atoms with Gasteiger partial charge in [0.2, 0.25) is 0 Å². The Bertz CT molecular complexity index is 396. The number of carbonyl (C=O) groups is 2. The molecule has 7 nitrogen and oxygen atoms in total. The SMILES string of the molecule is CC(C)OC(=O)CC(C(=O)OS(=O)(=O)O)C(C)C. The zero-order valence-corrected chi connectivity index (χ0v) is 11.6. The van der Waals surface area contributed by atoms with E-state index in [1.807, 2.05) is 0 Å². The first kappa shape index (κ1) is 16.9. The average molecular weight is 282 g/mol. The lowest BCUT2D eigenvalue weighted by Gasteiger charge is -2.18. The molecule has 1 unspecified atom stereocenters. The Balaban J connectivity index is 4.68. The fourth-order valence-corrected chi connectivity index (χ4v) is 1.58. The number of carbonyl (C=O) groups excluding carboxylic acids is 2. The van der Waals surface area contributed by atoms with Crippen molar-refractivity contribution in [2.24, 2.45) is 11.8 Å². The summed E-state index contributed by atoms with van der Waals surface area (Å²) in [6.45, 7) is 6.55. The highest BCUT2D eigenvalue weighted by Crippen LogP contribution is 2.19. The highest BCUT2D eigenvalue weighted by atomic mass is 32.3. The largest absolute Gasteiger partial charge is 0.463 e. The van der Waals surface area contributed by atoms with Crippen LogP contribution in [0.25, 0.3) is 0 Å². The van der Waals surface area contributed by atoms with Crippen molar-refractivity contribution in [1.29, 1.82) is 0 Å². The zero-order chi connectivity index (χ0) is 14.5. The lowest BCUT2D eigenvalue weighted by Crippen LogP contribution is -2.28. The molecule has 0 spiro atoms. The first-order valence-corrected chi connectivity index (χ1v) is 6.79. The van der Waals surface area contributed by atoms with Crippen LogP contribution in [0, 0.1) is 11.8 Å². The van der Waals surface area contributed by atoms with Crippen LogP contribution in [0.2, 0.25) is 0 Å². The highest BCUT2D eigenvalue weighted by Gasteiger charge is 2.30. The minimum Gasteiger partial charge on any atom is -0.463 e. The second-order valence-corrected chi connectivity index (χ2v) is 5.45. The molecular weight excluding hydrogens is 264 g/mol. The van der Waals surface area contributed by atoms with E-state index in [0.717, 1.165) is 0 Å². The second kappa shape index (κ2) is 6.69. The summed E-state index contributed by atoms with van der Waals surface area (Å²) in [7, 11) is -4.86. The molecule has 0 amide bonds. The van der Waals surface area contributed by atoms with E-state index in [1.54, 1.807) is 27.7 Å². The summed E-state index contributed by atoms with van der Waals surface area (Å²) in [5.41, 5.74) is 0. The topological polar surface area (TPSA) is 107 Å². The van der Waals surface area contributed by atoms with Gasteiger partial charge in [-0.05, 0) is 19.8 Å². The summed E-state index contributed by atoms with van der Waals surface area (Å²) in [6, 6.07) is 0. The first-order valence-electron chi connectivity index (χ1n) is 5.43. The number of esters is 1.